The number of nitrogens with zero attached hydrogens (tertiary/aromatic N) is 2. The fraction of sp³-hybridized carbons (Fsp3) is 0.625. The fourth-order valence-corrected chi connectivity index (χ4v) is 1.05. The molecule has 0 radical (unpaired) electrons. The van der Waals surface area contributed by atoms with Gasteiger partial charge in [-0.1, -0.05) is 6.92 Å². The Morgan fingerprint density at radius 3 is 2.54 bits per heavy atom. The molecule has 0 unspecified atom stereocenters. The molecule has 0 aliphatic carbocycles. The van der Waals surface area contributed by atoms with Crippen molar-refractivity contribution >= 4 is 5.82 Å². The number of aromatic nitrogens is 2. The van der Waals surface area contributed by atoms with Crippen molar-refractivity contribution in [1.29, 1.82) is 0 Å². The van der Waals surface area contributed by atoms with Gasteiger partial charge in [0.2, 0.25) is 0 Å². The third kappa shape index (κ3) is 2.43. The Bertz CT molecular complexity index is 268. The number of nitrogens with two attached hydrogens (primary N) is 1. The van der Waals surface area contributed by atoms with Crippen LogP contribution in [-0.2, 0) is 6.54 Å². The Balaban J connectivity index is 2.67. The molecule has 0 fully saturated rings. The van der Waals surface area contributed by atoms with Gasteiger partial charge in [0.05, 0.1) is 19.5 Å². The number of nitrogen functional groups attached to an aromatic ring is 1. The Morgan fingerprint density at radius 2 is 2.15 bits per heavy atom. The summed E-state index contributed by atoms with van der Waals surface area (Å²) in [7, 11) is 0. The van der Waals surface area contributed by atoms with Crippen LogP contribution in [0.5, 0.6) is 0 Å². The van der Waals surface area contributed by atoms with Crippen LogP contribution >= 0.6 is 0 Å². The monoisotopic (exact) mass is 185 g/mol. The van der Waals surface area contributed by atoms with E-state index in [0.717, 1.165) is 0 Å². The normalized spacial score (nSPS) is 11.9. The van der Waals surface area contributed by atoms with Gasteiger partial charge in [-0.3, -0.25) is 0 Å². The molecule has 0 spiro atoms. The predicted molar refractivity (Wildman–Crippen MR) is 48.9 cm³/mol. The molecule has 0 aliphatic rings. The summed E-state index contributed by atoms with van der Waals surface area (Å²) >= 11 is 0. The lowest BCUT2D eigenvalue weighted by Crippen LogP contribution is -2.30. The standard InChI is InChI=1S/C8H15N3O2/c1-8(4-12,5-13)3-11-2-7(9)10-6-11/h2,6,12-13H,3-5,9H2,1H3. The summed E-state index contributed by atoms with van der Waals surface area (Å²) < 4.78 is 1.75. The Labute approximate surface area is 76.8 Å². The fourth-order valence-electron chi connectivity index (χ4n) is 1.05. The van der Waals surface area contributed by atoms with Crippen LogP contribution in [0.1, 0.15) is 6.92 Å². The molecule has 1 aromatic rings. The van der Waals surface area contributed by atoms with Crippen molar-refractivity contribution in [3.8, 4) is 0 Å². The van der Waals surface area contributed by atoms with E-state index in [1.54, 1.807) is 24.0 Å². The predicted octanol–water partition coefficient (Wildman–Crippen LogP) is -0.544. The molecule has 13 heavy (non-hydrogen) atoms. The van der Waals surface area contributed by atoms with Crippen LogP contribution < -0.4 is 5.73 Å². The quantitative estimate of drug-likeness (QED) is 0.588. The summed E-state index contributed by atoms with van der Waals surface area (Å²) in [6.45, 7) is 2.16. The smallest absolute Gasteiger partial charge is 0.141 e. The molecule has 5 nitrogen and oxygen atoms in total. The lowest BCUT2D eigenvalue weighted by Gasteiger charge is -2.24. The van der Waals surface area contributed by atoms with E-state index >= 15 is 0 Å². The number of hydrogen-bond acceptors (Lipinski definition) is 4. The maximum Gasteiger partial charge on any atom is 0.141 e. The van der Waals surface area contributed by atoms with Gasteiger partial charge >= 0.3 is 0 Å². The average molecular weight is 185 g/mol. The van der Waals surface area contributed by atoms with Crippen LogP contribution in [-0.4, -0.2) is 33.0 Å². The number of rotatable bonds is 4. The molecule has 0 saturated carbocycles. The van der Waals surface area contributed by atoms with E-state index in [9.17, 15) is 0 Å². The third-order valence-electron chi connectivity index (χ3n) is 1.98. The molecule has 0 atom stereocenters. The maximum absolute atomic E-state index is 9.03. The number of imidazole rings is 1. The largest absolute Gasteiger partial charge is 0.396 e. The number of hydrogen-bond donors (Lipinski definition) is 3. The summed E-state index contributed by atoms with van der Waals surface area (Å²) in [5.41, 5.74) is 4.90. The van der Waals surface area contributed by atoms with Crippen molar-refractivity contribution in [2.24, 2.45) is 5.41 Å². The first-order valence-corrected chi connectivity index (χ1v) is 4.08. The summed E-state index contributed by atoms with van der Waals surface area (Å²) in [6, 6.07) is 0. The lowest BCUT2D eigenvalue weighted by molar-refractivity contribution is 0.0554. The zero-order chi connectivity index (χ0) is 9.90. The topological polar surface area (TPSA) is 84.3 Å². The van der Waals surface area contributed by atoms with E-state index < -0.39 is 5.41 Å². The number of anilines is 1. The minimum atomic E-state index is -0.521. The molecule has 4 N–H and O–H groups in total. The first-order chi connectivity index (χ1) is 6.09. The highest BCUT2D eigenvalue weighted by Gasteiger charge is 2.22. The summed E-state index contributed by atoms with van der Waals surface area (Å²) in [6.07, 6.45) is 3.25. The van der Waals surface area contributed by atoms with Crippen LogP contribution in [0.15, 0.2) is 12.5 Å². The average Bonchev–Trinajstić information content (AvgIpc) is 2.51. The van der Waals surface area contributed by atoms with E-state index in [4.69, 9.17) is 15.9 Å². The SMILES string of the molecule is CC(CO)(CO)Cn1cnc(N)c1. The van der Waals surface area contributed by atoms with E-state index in [1.165, 1.54) is 0 Å². The van der Waals surface area contributed by atoms with Gasteiger partial charge in [-0.2, -0.15) is 0 Å². The molecule has 1 rings (SSSR count). The van der Waals surface area contributed by atoms with Gasteiger partial charge in [-0.15, -0.1) is 0 Å². The summed E-state index contributed by atoms with van der Waals surface area (Å²) in [5, 5.41) is 18.1. The molecule has 0 saturated heterocycles. The molecule has 0 amide bonds. The van der Waals surface area contributed by atoms with Crippen molar-refractivity contribution < 1.29 is 10.2 Å². The molecule has 74 valence electrons. The van der Waals surface area contributed by atoms with Gasteiger partial charge < -0.3 is 20.5 Å². The highest BCUT2D eigenvalue weighted by atomic mass is 16.3. The van der Waals surface area contributed by atoms with Crippen LogP contribution in [0.25, 0.3) is 0 Å². The van der Waals surface area contributed by atoms with Gasteiger partial charge in [0.15, 0.2) is 0 Å². The van der Waals surface area contributed by atoms with Crippen molar-refractivity contribution in [3.05, 3.63) is 12.5 Å². The number of aliphatic hydroxyl groups is 2. The molecule has 1 aromatic heterocycles. The van der Waals surface area contributed by atoms with E-state index in [2.05, 4.69) is 4.98 Å². The second-order valence-corrected chi connectivity index (χ2v) is 3.60. The minimum Gasteiger partial charge on any atom is -0.396 e. The maximum atomic E-state index is 9.03. The molecule has 0 aliphatic heterocycles. The highest BCUT2D eigenvalue weighted by molar-refractivity contribution is 5.22. The van der Waals surface area contributed by atoms with Gasteiger partial charge in [0.25, 0.3) is 0 Å². The first-order valence-electron chi connectivity index (χ1n) is 4.08. The Morgan fingerprint density at radius 1 is 1.54 bits per heavy atom. The Kier molecular flexibility index (Phi) is 2.90. The van der Waals surface area contributed by atoms with Crippen LogP contribution in [0, 0.1) is 5.41 Å². The molecule has 5 heteroatoms. The number of aliphatic hydroxyl groups excluding tert-OH is 2. The van der Waals surface area contributed by atoms with Crippen LogP contribution in [0.3, 0.4) is 0 Å². The zero-order valence-corrected chi connectivity index (χ0v) is 7.64. The minimum absolute atomic E-state index is 0.0679. The second-order valence-electron chi connectivity index (χ2n) is 3.60. The Hall–Kier alpha value is -1.07. The van der Waals surface area contributed by atoms with Crippen molar-refractivity contribution in [2.75, 3.05) is 18.9 Å². The summed E-state index contributed by atoms with van der Waals surface area (Å²) in [4.78, 5) is 3.85. The van der Waals surface area contributed by atoms with Crippen molar-refractivity contribution in [1.82, 2.24) is 9.55 Å². The van der Waals surface area contributed by atoms with E-state index in [1.807, 2.05) is 0 Å². The van der Waals surface area contributed by atoms with Crippen LogP contribution in [0.2, 0.25) is 0 Å². The van der Waals surface area contributed by atoms with Crippen molar-refractivity contribution in [3.63, 3.8) is 0 Å². The highest BCUT2D eigenvalue weighted by Crippen LogP contribution is 2.17. The zero-order valence-electron chi connectivity index (χ0n) is 7.64. The van der Waals surface area contributed by atoms with Gasteiger partial charge in [0, 0.05) is 18.2 Å². The van der Waals surface area contributed by atoms with Crippen molar-refractivity contribution in [2.45, 2.75) is 13.5 Å². The van der Waals surface area contributed by atoms with Crippen LogP contribution in [0.4, 0.5) is 5.82 Å². The third-order valence-corrected chi connectivity index (χ3v) is 1.98. The molecular weight excluding hydrogens is 170 g/mol. The molecule has 1 heterocycles. The van der Waals surface area contributed by atoms with E-state index in [0.29, 0.717) is 12.4 Å². The van der Waals surface area contributed by atoms with Gasteiger partial charge in [0.1, 0.15) is 5.82 Å². The molecule has 0 bridgehead atoms. The molecular formula is C8H15N3O2. The van der Waals surface area contributed by atoms with E-state index in [-0.39, 0.29) is 13.2 Å². The molecule has 0 aromatic carbocycles. The lowest BCUT2D eigenvalue weighted by atomic mass is 9.93. The van der Waals surface area contributed by atoms with Gasteiger partial charge in [-0.05, 0) is 0 Å². The summed E-state index contributed by atoms with van der Waals surface area (Å²) in [5.74, 6) is 0.443. The first kappa shape index (κ1) is 10.0. The van der Waals surface area contributed by atoms with Gasteiger partial charge in [-0.25, -0.2) is 4.98 Å². The second kappa shape index (κ2) is 3.76.